The monoisotopic (exact) mass is 518 g/mol. The third kappa shape index (κ3) is 5.30. The summed E-state index contributed by atoms with van der Waals surface area (Å²) in [5.74, 6) is 1.96. The van der Waals surface area contributed by atoms with Crippen LogP contribution in [0.3, 0.4) is 0 Å². The third-order valence-corrected chi connectivity index (χ3v) is 7.63. The van der Waals surface area contributed by atoms with Gasteiger partial charge in [-0.2, -0.15) is 0 Å². The van der Waals surface area contributed by atoms with Crippen LogP contribution in [0.1, 0.15) is 46.2 Å². The van der Waals surface area contributed by atoms with Crippen molar-refractivity contribution in [2.24, 2.45) is 10.9 Å². The molecule has 4 nitrogen and oxygen atoms in total. The summed E-state index contributed by atoms with van der Waals surface area (Å²) < 4.78 is 24.6. The molecule has 0 bridgehead atoms. The molecule has 0 saturated heterocycles. The quantitative estimate of drug-likeness (QED) is 0.198. The summed E-state index contributed by atoms with van der Waals surface area (Å²) in [4.78, 5) is 4.69. The Morgan fingerprint density at radius 2 is 1.77 bits per heavy atom. The molecule has 3 atom stereocenters. The molecule has 0 aromatic heterocycles. The molecule has 196 valence electrons. The van der Waals surface area contributed by atoms with Gasteiger partial charge in [-0.25, -0.2) is 4.39 Å². The zero-order valence-corrected chi connectivity index (χ0v) is 22.1. The van der Waals surface area contributed by atoms with Gasteiger partial charge >= 0.3 is 0 Å². The van der Waals surface area contributed by atoms with Gasteiger partial charge in [-0.05, 0) is 90.0 Å². The highest BCUT2D eigenvalue weighted by Crippen LogP contribution is 2.50. The number of fused-ring (bicyclic) bond motifs is 3. The van der Waals surface area contributed by atoms with Gasteiger partial charge in [0.2, 0.25) is 0 Å². The Balaban J connectivity index is 1.14. The largest absolute Gasteiger partial charge is 0.493 e. The maximum atomic E-state index is 13.1. The van der Waals surface area contributed by atoms with Crippen LogP contribution < -0.4 is 14.8 Å². The lowest BCUT2D eigenvalue weighted by atomic mass is 9.76. The first kappa shape index (κ1) is 24.9. The van der Waals surface area contributed by atoms with Crippen LogP contribution in [0.15, 0.2) is 102 Å². The number of hydrogen-bond acceptors (Lipinski definition) is 4. The molecule has 5 heteroatoms. The molecule has 1 N–H and O–H groups in total. The van der Waals surface area contributed by atoms with Crippen LogP contribution >= 0.6 is 0 Å². The average Bonchev–Trinajstić information content (AvgIpc) is 3.46. The lowest BCUT2D eigenvalue weighted by Gasteiger charge is -2.37. The van der Waals surface area contributed by atoms with Crippen molar-refractivity contribution in [3.8, 4) is 11.5 Å². The molecule has 0 saturated carbocycles. The Morgan fingerprint density at radius 1 is 0.949 bits per heavy atom. The molecule has 39 heavy (non-hydrogen) atoms. The van der Waals surface area contributed by atoms with Crippen molar-refractivity contribution in [1.82, 2.24) is 0 Å². The van der Waals surface area contributed by atoms with Gasteiger partial charge in [-0.3, -0.25) is 4.99 Å². The number of ether oxygens (including phenoxy) is 2. The van der Waals surface area contributed by atoms with E-state index < -0.39 is 0 Å². The fraction of sp³-hybridized carbons (Fsp3) is 0.206. The van der Waals surface area contributed by atoms with Crippen molar-refractivity contribution in [2.75, 3.05) is 12.4 Å². The van der Waals surface area contributed by atoms with Crippen LogP contribution in [-0.4, -0.2) is 13.3 Å². The van der Waals surface area contributed by atoms with Gasteiger partial charge in [0.25, 0.3) is 0 Å². The van der Waals surface area contributed by atoms with Crippen LogP contribution in [0.2, 0.25) is 0 Å². The van der Waals surface area contributed by atoms with E-state index in [1.165, 1.54) is 34.5 Å². The zero-order chi connectivity index (χ0) is 26.8. The van der Waals surface area contributed by atoms with E-state index in [9.17, 15) is 4.39 Å². The number of aliphatic imine (C=N–C) groups is 1. The van der Waals surface area contributed by atoms with Gasteiger partial charge in [0.1, 0.15) is 12.4 Å². The van der Waals surface area contributed by atoms with Crippen LogP contribution in [-0.2, 0) is 6.61 Å². The van der Waals surface area contributed by atoms with Crippen molar-refractivity contribution in [1.29, 1.82) is 0 Å². The number of halogens is 1. The Morgan fingerprint density at radius 3 is 2.56 bits per heavy atom. The SMILES string of the molecule is COc1cc(C=Nc2ccc([C@@H]3Nc4ccc(C)cc4[C@@H]4C=CC[C@H]43)cc2)ccc1OCc1ccc(F)cc1. The maximum Gasteiger partial charge on any atom is 0.161 e. The van der Waals surface area contributed by atoms with Crippen LogP contribution in [0.4, 0.5) is 15.8 Å². The molecule has 4 aromatic rings. The van der Waals surface area contributed by atoms with Gasteiger partial charge < -0.3 is 14.8 Å². The molecule has 1 aliphatic heterocycles. The first-order valence-electron chi connectivity index (χ1n) is 13.3. The Labute approximate surface area is 228 Å². The Hall–Kier alpha value is -4.38. The normalized spacial score (nSPS) is 19.4. The predicted octanol–water partition coefficient (Wildman–Crippen LogP) is 8.30. The predicted molar refractivity (Wildman–Crippen MR) is 155 cm³/mol. The summed E-state index contributed by atoms with van der Waals surface area (Å²) in [6, 6.07) is 27.5. The average molecular weight is 519 g/mol. The molecule has 0 fully saturated rings. The number of anilines is 1. The highest BCUT2D eigenvalue weighted by molar-refractivity contribution is 5.83. The summed E-state index contributed by atoms with van der Waals surface area (Å²) in [7, 11) is 1.61. The van der Waals surface area contributed by atoms with Crippen LogP contribution in [0.25, 0.3) is 0 Å². The molecule has 0 spiro atoms. The summed E-state index contributed by atoms with van der Waals surface area (Å²) in [5, 5.41) is 3.81. The van der Waals surface area contributed by atoms with E-state index >= 15 is 0 Å². The van der Waals surface area contributed by atoms with Gasteiger partial charge in [-0.1, -0.05) is 54.1 Å². The Bertz CT molecular complexity index is 1530. The Kier molecular flexibility index (Phi) is 6.89. The summed E-state index contributed by atoms with van der Waals surface area (Å²) in [5.41, 5.74) is 7.92. The lowest BCUT2D eigenvalue weighted by Crippen LogP contribution is -2.29. The van der Waals surface area contributed by atoms with Crippen molar-refractivity contribution < 1.29 is 13.9 Å². The minimum absolute atomic E-state index is 0.263. The highest BCUT2D eigenvalue weighted by Gasteiger charge is 2.37. The second-order valence-electron chi connectivity index (χ2n) is 10.2. The number of rotatable bonds is 7. The first-order valence-corrected chi connectivity index (χ1v) is 13.3. The van der Waals surface area contributed by atoms with Gasteiger partial charge in [-0.15, -0.1) is 0 Å². The van der Waals surface area contributed by atoms with Crippen molar-refractivity contribution in [3.05, 3.63) is 131 Å². The molecule has 1 heterocycles. The summed E-state index contributed by atoms with van der Waals surface area (Å²) in [6.07, 6.45) is 7.62. The molecular weight excluding hydrogens is 487 g/mol. The molecule has 1 aliphatic carbocycles. The number of nitrogens with one attached hydrogen (secondary N) is 1. The third-order valence-electron chi connectivity index (χ3n) is 7.63. The number of allylic oxidation sites excluding steroid dienone is 2. The van der Waals surface area contributed by atoms with Crippen LogP contribution in [0, 0.1) is 18.7 Å². The first-order chi connectivity index (χ1) is 19.1. The minimum atomic E-state index is -0.263. The summed E-state index contributed by atoms with van der Waals surface area (Å²) >= 11 is 0. The van der Waals surface area contributed by atoms with Crippen molar-refractivity contribution in [3.63, 3.8) is 0 Å². The van der Waals surface area contributed by atoms with Gasteiger partial charge in [0, 0.05) is 17.8 Å². The molecule has 6 rings (SSSR count). The van der Waals surface area contributed by atoms with Gasteiger partial charge in [0.15, 0.2) is 11.5 Å². The smallest absolute Gasteiger partial charge is 0.161 e. The summed E-state index contributed by atoms with van der Waals surface area (Å²) in [6.45, 7) is 2.49. The molecule has 2 aliphatic rings. The van der Waals surface area contributed by atoms with E-state index in [4.69, 9.17) is 14.5 Å². The number of benzene rings is 4. The van der Waals surface area contributed by atoms with E-state index in [1.54, 1.807) is 19.2 Å². The van der Waals surface area contributed by atoms with Crippen molar-refractivity contribution >= 4 is 17.6 Å². The lowest BCUT2D eigenvalue weighted by molar-refractivity contribution is 0.284. The second kappa shape index (κ2) is 10.8. The number of hydrogen-bond donors (Lipinski definition) is 1. The van der Waals surface area contributed by atoms with E-state index in [2.05, 4.69) is 66.9 Å². The molecular formula is C34H31FN2O2. The molecule has 0 amide bonds. The number of methoxy groups -OCH3 is 1. The van der Waals surface area contributed by atoms with E-state index in [-0.39, 0.29) is 11.9 Å². The minimum Gasteiger partial charge on any atom is -0.493 e. The number of aryl methyl sites for hydroxylation is 1. The fourth-order valence-corrected chi connectivity index (χ4v) is 5.59. The topological polar surface area (TPSA) is 42.8 Å². The second-order valence-corrected chi connectivity index (χ2v) is 10.2. The standard InChI is InChI=1S/C34H31FN2O2/c1-22-6-16-31-30(18-22)28-4-3-5-29(28)34(37-31)25-10-14-27(15-11-25)36-20-24-9-17-32(33(19-24)38-2)39-21-23-7-12-26(35)13-8-23/h3-4,6-20,28-29,34,37H,5,21H2,1-2H3/t28-,29-,34+/m1/s1. The molecule has 0 unspecified atom stereocenters. The highest BCUT2D eigenvalue weighted by atomic mass is 19.1. The molecule has 0 radical (unpaired) electrons. The number of nitrogens with zero attached hydrogens (tertiary/aromatic N) is 1. The van der Waals surface area contributed by atoms with E-state index in [0.29, 0.717) is 29.9 Å². The van der Waals surface area contributed by atoms with E-state index in [0.717, 1.165) is 23.2 Å². The van der Waals surface area contributed by atoms with Crippen molar-refractivity contribution in [2.45, 2.75) is 31.9 Å². The van der Waals surface area contributed by atoms with Crippen LogP contribution in [0.5, 0.6) is 11.5 Å². The van der Waals surface area contributed by atoms with E-state index in [1.807, 2.05) is 24.4 Å². The maximum absolute atomic E-state index is 13.1. The zero-order valence-electron chi connectivity index (χ0n) is 22.1. The molecule has 4 aromatic carbocycles. The fourth-order valence-electron chi connectivity index (χ4n) is 5.59. The van der Waals surface area contributed by atoms with Gasteiger partial charge in [0.05, 0.1) is 18.8 Å².